The molecule has 1 heterocycles. The van der Waals surface area contributed by atoms with Gasteiger partial charge in [0.1, 0.15) is 12.2 Å². The summed E-state index contributed by atoms with van der Waals surface area (Å²) in [4.78, 5) is 37.3. The number of benzene rings is 1. The molecule has 1 aromatic carbocycles. The number of alkyl halides is 3. The van der Waals surface area contributed by atoms with Crippen LogP contribution in [0, 0.1) is 22.7 Å². The van der Waals surface area contributed by atoms with E-state index >= 15 is 0 Å². The van der Waals surface area contributed by atoms with Crippen molar-refractivity contribution >= 4 is 17.9 Å². The topological polar surface area (TPSA) is 78.9 Å². The number of rotatable bonds is 7. The normalized spacial score (nSPS) is 28.3. The molecule has 7 unspecified atom stereocenters. The number of ether oxygens (including phenoxy) is 3. The summed E-state index contributed by atoms with van der Waals surface area (Å²) in [6, 6.07) is 9.08. The third-order valence-electron chi connectivity index (χ3n) is 9.31. The van der Waals surface area contributed by atoms with E-state index < -0.39 is 59.1 Å². The number of carbonyl (C=O) groups is 3. The van der Waals surface area contributed by atoms with Gasteiger partial charge in [0.2, 0.25) is 0 Å². The highest BCUT2D eigenvalue weighted by Crippen LogP contribution is 2.63. The van der Waals surface area contributed by atoms with Gasteiger partial charge in [-0.1, -0.05) is 65.8 Å². The number of fused-ring (bicyclic) bond motifs is 1. The van der Waals surface area contributed by atoms with E-state index in [-0.39, 0.29) is 17.8 Å². The molecule has 0 spiro atoms. The van der Waals surface area contributed by atoms with Crippen molar-refractivity contribution in [2.75, 3.05) is 0 Å². The average molecular weight is 583 g/mol. The van der Waals surface area contributed by atoms with Gasteiger partial charge in [-0.15, -0.1) is 0 Å². The summed E-state index contributed by atoms with van der Waals surface area (Å²) in [5.41, 5.74) is 0.722. The maximum absolute atomic E-state index is 12.7. The van der Waals surface area contributed by atoms with E-state index in [0.29, 0.717) is 18.8 Å². The van der Waals surface area contributed by atoms with Crippen molar-refractivity contribution in [3.8, 4) is 0 Å². The molecule has 1 aliphatic heterocycles. The highest BCUT2D eigenvalue weighted by atomic mass is 19.4. The van der Waals surface area contributed by atoms with Gasteiger partial charge in [-0.05, 0) is 68.9 Å². The van der Waals surface area contributed by atoms with Crippen LogP contribution >= 0.6 is 0 Å². The molecule has 0 radical (unpaired) electrons. The smallest absolute Gasteiger partial charge is 0.425 e. The van der Waals surface area contributed by atoms with Gasteiger partial charge in [0.05, 0.1) is 5.41 Å². The Morgan fingerprint density at radius 1 is 1.05 bits per heavy atom. The van der Waals surface area contributed by atoms with E-state index in [0.717, 1.165) is 6.92 Å². The Hall–Kier alpha value is -2.58. The zero-order valence-electron chi connectivity index (χ0n) is 25.7. The predicted octanol–water partition coefficient (Wildman–Crippen LogP) is 7.28. The largest absolute Gasteiger partial charge is 0.458 e. The zero-order valence-corrected chi connectivity index (χ0v) is 25.7. The van der Waals surface area contributed by atoms with Gasteiger partial charge in [0, 0.05) is 11.8 Å². The molecular formula is C32H45F3O6. The summed E-state index contributed by atoms with van der Waals surface area (Å²) in [6.07, 6.45) is -6.41. The van der Waals surface area contributed by atoms with Crippen LogP contribution in [0.4, 0.5) is 13.2 Å². The van der Waals surface area contributed by atoms with Gasteiger partial charge < -0.3 is 14.2 Å². The number of carbonyl (C=O) groups excluding carboxylic acids is 3. The van der Waals surface area contributed by atoms with Crippen LogP contribution in [-0.2, 0) is 34.0 Å². The molecule has 0 aromatic heterocycles. The van der Waals surface area contributed by atoms with E-state index in [9.17, 15) is 27.6 Å². The SMILES string of the molecule is CCC(C)(C)C(=O)OC1C2CC3C1OC(=O)C3(C(=O)OC(C)C(F)(F)F)C2.CCC(C)c1ccc(C(C)(C)C)cc1. The molecular weight excluding hydrogens is 537 g/mol. The maximum atomic E-state index is 12.7. The monoisotopic (exact) mass is 582 g/mol. The molecule has 9 heteroatoms. The summed E-state index contributed by atoms with van der Waals surface area (Å²) < 4.78 is 53.6. The molecule has 0 amide bonds. The molecule has 0 N–H and O–H groups in total. The lowest BCUT2D eigenvalue weighted by Crippen LogP contribution is -2.48. The zero-order chi connectivity index (χ0) is 31.1. The van der Waals surface area contributed by atoms with Crippen molar-refractivity contribution in [2.24, 2.45) is 22.7 Å². The second-order valence-electron chi connectivity index (χ2n) is 13.5. The molecule has 2 saturated carbocycles. The summed E-state index contributed by atoms with van der Waals surface area (Å²) in [7, 11) is 0. The summed E-state index contributed by atoms with van der Waals surface area (Å²) >= 11 is 0. The van der Waals surface area contributed by atoms with Crippen LogP contribution in [0.2, 0.25) is 0 Å². The van der Waals surface area contributed by atoms with E-state index in [1.54, 1.807) is 13.8 Å². The molecule has 230 valence electrons. The van der Waals surface area contributed by atoms with Crippen molar-refractivity contribution in [3.05, 3.63) is 35.4 Å². The number of hydrogen-bond acceptors (Lipinski definition) is 6. The van der Waals surface area contributed by atoms with Crippen molar-refractivity contribution < 1.29 is 41.8 Å². The first-order valence-electron chi connectivity index (χ1n) is 14.6. The lowest BCUT2D eigenvalue weighted by Gasteiger charge is -2.33. The molecule has 7 atom stereocenters. The first kappa shape index (κ1) is 32.9. The Bertz CT molecular complexity index is 1120. The lowest BCUT2D eigenvalue weighted by atomic mass is 9.73. The van der Waals surface area contributed by atoms with Crippen molar-refractivity contribution in [1.29, 1.82) is 0 Å². The molecule has 2 bridgehead atoms. The molecule has 1 saturated heterocycles. The molecule has 6 nitrogen and oxygen atoms in total. The fourth-order valence-electron chi connectivity index (χ4n) is 5.74. The van der Waals surface area contributed by atoms with Gasteiger partial charge in [0.25, 0.3) is 0 Å². The van der Waals surface area contributed by atoms with E-state index in [1.165, 1.54) is 17.5 Å². The van der Waals surface area contributed by atoms with Gasteiger partial charge >= 0.3 is 24.1 Å². The van der Waals surface area contributed by atoms with Crippen molar-refractivity contribution in [3.63, 3.8) is 0 Å². The minimum atomic E-state index is -4.71. The fraction of sp³-hybridized carbons (Fsp3) is 0.719. The Labute approximate surface area is 241 Å². The van der Waals surface area contributed by atoms with Crippen molar-refractivity contribution in [1.82, 2.24) is 0 Å². The minimum Gasteiger partial charge on any atom is -0.458 e. The summed E-state index contributed by atoms with van der Waals surface area (Å²) in [5, 5.41) is 0. The van der Waals surface area contributed by atoms with Crippen molar-refractivity contribution in [2.45, 2.75) is 124 Å². The standard InChI is InChI=1S/C18H23F3O6.C14H22/c1-5-16(3,4)13(22)26-11-9-6-10-12(11)27-15(24)17(10,7-9)14(23)25-8(2)18(19,20)21;1-6-11(2)12-7-9-13(10-8-12)14(3,4)5/h8-12H,5-7H2,1-4H3;7-11H,6H2,1-5H3. The Kier molecular flexibility index (Phi) is 9.31. The molecule has 3 fully saturated rings. The highest BCUT2D eigenvalue weighted by molar-refractivity contribution is 6.03. The number of esters is 3. The maximum Gasteiger partial charge on any atom is 0.425 e. The third kappa shape index (κ3) is 6.43. The quantitative estimate of drug-likeness (QED) is 0.191. The van der Waals surface area contributed by atoms with Gasteiger partial charge in [-0.3, -0.25) is 14.4 Å². The number of hydrogen-bond donors (Lipinski definition) is 0. The van der Waals surface area contributed by atoms with Gasteiger partial charge in [0.15, 0.2) is 11.5 Å². The molecule has 4 rings (SSSR count). The van der Waals surface area contributed by atoms with Crippen LogP contribution in [0.5, 0.6) is 0 Å². The molecule has 3 aliphatic rings. The van der Waals surface area contributed by atoms with E-state index in [4.69, 9.17) is 9.47 Å². The highest BCUT2D eigenvalue weighted by Gasteiger charge is 2.75. The first-order valence-corrected chi connectivity index (χ1v) is 14.6. The van der Waals surface area contributed by atoms with Gasteiger partial charge in [-0.2, -0.15) is 13.2 Å². The first-order chi connectivity index (χ1) is 18.8. The summed E-state index contributed by atoms with van der Waals surface area (Å²) in [5.74, 6) is -2.78. The number of halogens is 3. The molecule has 2 aliphatic carbocycles. The van der Waals surface area contributed by atoms with E-state index in [2.05, 4.69) is 63.6 Å². The van der Waals surface area contributed by atoms with Crippen LogP contribution in [0.3, 0.4) is 0 Å². The minimum absolute atomic E-state index is 0.0269. The predicted molar refractivity (Wildman–Crippen MR) is 148 cm³/mol. The van der Waals surface area contributed by atoms with Crippen LogP contribution in [-0.4, -0.2) is 42.4 Å². The fourth-order valence-corrected chi connectivity index (χ4v) is 5.74. The molecule has 41 heavy (non-hydrogen) atoms. The Morgan fingerprint density at radius 2 is 1.63 bits per heavy atom. The van der Waals surface area contributed by atoms with Crippen LogP contribution in [0.1, 0.15) is 105 Å². The van der Waals surface area contributed by atoms with Crippen LogP contribution in [0.15, 0.2) is 24.3 Å². The third-order valence-corrected chi connectivity index (χ3v) is 9.31. The average Bonchev–Trinajstić information content (AvgIpc) is 3.50. The Balaban J connectivity index is 0.000000278. The lowest BCUT2D eigenvalue weighted by molar-refractivity contribution is -0.222. The second kappa shape index (κ2) is 11.6. The Morgan fingerprint density at radius 3 is 2.12 bits per heavy atom. The van der Waals surface area contributed by atoms with Gasteiger partial charge in [-0.25, -0.2) is 0 Å². The second-order valence-corrected chi connectivity index (χ2v) is 13.5. The van der Waals surface area contributed by atoms with Crippen LogP contribution in [0.25, 0.3) is 0 Å². The van der Waals surface area contributed by atoms with E-state index in [1.807, 2.05) is 6.92 Å². The molecule has 1 aromatic rings. The van der Waals surface area contributed by atoms with Crippen LogP contribution < -0.4 is 0 Å². The summed E-state index contributed by atoms with van der Waals surface area (Å²) in [6.45, 7) is 17.3.